The van der Waals surface area contributed by atoms with Crippen LogP contribution in [0.1, 0.15) is 33.3 Å². The van der Waals surface area contributed by atoms with Crippen molar-refractivity contribution in [2.45, 2.75) is 45.8 Å². The van der Waals surface area contributed by atoms with E-state index in [0.717, 1.165) is 5.56 Å². The summed E-state index contributed by atoms with van der Waals surface area (Å²) in [4.78, 5) is 25.4. The van der Waals surface area contributed by atoms with Crippen molar-refractivity contribution in [3.05, 3.63) is 35.9 Å². The van der Waals surface area contributed by atoms with Crippen molar-refractivity contribution in [2.75, 3.05) is 6.54 Å². The first kappa shape index (κ1) is 17.8. The Bertz CT molecular complexity index is 511. The van der Waals surface area contributed by atoms with Crippen molar-refractivity contribution in [1.29, 1.82) is 0 Å². The Morgan fingerprint density at radius 3 is 2.05 bits per heavy atom. The third-order valence-electron chi connectivity index (χ3n) is 3.34. The summed E-state index contributed by atoms with van der Waals surface area (Å²) in [6.07, 6.45) is -2.11. The van der Waals surface area contributed by atoms with Gasteiger partial charge in [-0.3, -0.25) is 4.90 Å². The van der Waals surface area contributed by atoms with Crippen molar-refractivity contribution in [2.24, 2.45) is 0 Å². The second-order valence-electron chi connectivity index (χ2n) is 6.32. The highest BCUT2D eigenvalue weighted by Crippen LogP contribution is 2.18. The molecule has 2 amide bonds. The van der Waals surface area contributed by atoms with Gasteiger partial charge >= 0.3 is 12.2 Å². The lowest BCUT2D eigenvalue weighted by molar-refractivity contribution is 0.0580. The molecule has 1 rings (SSSR count). The summed E-state index contributed by atoms with van der Waals surface area (Å²) in [6, 6.07) is 8.80. The van der Waals surface area contributed by atoms with Crippen LogP contribution >= 0.6 is 0 Å². The lowest BCUT2D eigenvalue weighted by Gasteiger charge is -2.39. The lowest BCUT2D eigenvalue weighted by atomic mass is 10.0. The van der Waals surface area contributed by atoms with Crippen LogP contribution in [-0.4, -0.2) is 50.3 Å². The molecule has 0 radical (unpaired) electrons. The smallest absolute Gasteiger partial charge is 0.408 e. The van der Waals surface area contributed by atoms with Crippen LogP contribution in [0, 0.1) is 0 Å². The molecule has 0 unspecified atom stereocenters. The standard InChI is InChI=1S/C16H24N2O4/c1-12(18(15(21)22)16(2,3)4)10-17(14(19)20)11-13-8-6-5-7-9-13/h5-9,12H,10-11H2,1-4H3,(H,19,20)(H,21,22)/t12-/m1/s1. The number of benzene rings is 1. The maximum absolute atomic E-state index is 11.5. The Labute approximate surface area is 131 Å². The van der Waals surface area contributed by atoms with Gasteiger partial charge in [0.2, 0.25) is 0 Å². The van der Waals surface area contributed by atoms with Crippen molar-refractivity contribution in [3.63, 3.8) is 0 Å². The highest BCUT2D eigenvalue weighted by atomic mass is 16.4. The molecule has 0 fully saturated rings. The predicted octanol–water partition coefficient (Wildman–Crippen LogP) is 3.33. The first-order chi connectivity index (χ1) is 10.1. The van der Waals surface area contributed by atoms with E-state index < -0.39 is 23.8 Å². The van der Waals surface area contributed by atoms with Gasteiger partial charge in [-0.15, -0.1) is 0 Å². The number of amides is 2. The van der Waals surface area contributed by atoms with E-state index in [4.69, 9.17) is 0 Å². The lowest BCUT2D eigenvalue weighted by Crippen LogP contribution is -2.54. The quantitative estimate of drug-likeness (QED) is 0.874. The number of hydrogen-bond donors (Lipinski definition) is 2. The minimum atomic E-state index is -1.06. The van der Waals surface area contributed by atoms with Crippen molar-refractivity contribution in [1.82, 2.24) is 9.80 Å². The van der Waals surface area contributed by atoms with Gasteiger partial charge in [-0.25, -0.2) is 9.59 Å². The van der Waals surface area contributed by atoms with E-state index in [2.05, 4.69) is 0 Å². The first-order valence-electron chi connectivity index (χ1n) is 7.17. The normalized spacial score (nSPS) is 12.5. The molecule has 0 spiro atoms. The van der Waals surface area contributed by atoms with Gasteiger partial charge in [0.1, 0.15) is 0 Å². The molecule has 0 aliphatic carbocycles. The van der Waals surface area contributed by atoms with Crippen molar-refractivity contribution in [3.8, 4) is 0 Å². The number of carboxylic acid groups (broad SMARTS) is 2. The van der Waals surface area contributed by atoms with Crippen LogP contribution < -0.4 is 0 Å². The third-order valence-corrected chi connectivity index (χ3v) is 3.34. The molecule has 0 heterocycles. The van der Waals surface area contributed by atoms with E-state index in [9.17, 15) is 19.8 Å². The van der Waals surface area contributed by atoms with Gasteiger partial charge in [-0.1, -0.05) is 30.3 Å². The highest BCUT2D eigenvalue weighted by molar-refractivity contribution is 5.67. The molecule has 22 heavy (non-hydrogen) atoms. The van der Waals surface area contributed by atoms with E-state index >= 15 is 0 Å². The number of nitrogens with zero attached hydrogens (tertiary/aromatic N) is 2. The summed E-state index contributed by atoms with van der Waals surface area (Å²) < 4.78 is 0. The summed E-state index contributed by atoms with van der Waals surface area (Å²) in [6.45, 7) is 7.45. The Hall–Kier alpha value is -2.24. The molecule has 0 saturated carbocycles. The van der Waals surface area contributed by atoms with Gasteiger partial charge in [-0.05, 0) is 33.3 Å². The molecule has 2 N–H and O–H groups in total. The zero-order valence-electron chi connectivity index (χ0n) is 13.5. The monoisotopic (exact) mass is 308 g/mol. The number of carbonyl (C=O) groups is 2. The molecule has 0 bridgehead atoms. The largest absolute Gasteiger partial charge is 0.465 e. The third kappa shape index (κ3) is 4.95. The van der Waals surface area contributed by atoms with E-state index in [-0.39, 0.29) is 13.1 Å². The molecular formula is C16H24N2O4. The Morgan fingerprint density at radius 1 is 1.09 bits per heavy atom. The summed E-state index contributed by atoms with van der Waals surface area (Å²) in [5.41, 5.74) is 0.275. The molecule has 1 aromatic carbocycles. The van der Waals surface area contributed by atoms with Gasteiger partial charge in [0.15, 0.2) is 0 Å². The summed E-state index contributed by atoms with van der Waals surface area (Å²) >= 11 is 0. The van der Waals surface area contributed by atoms with Crippen LogP contribution in [0.4, 0.5) is 9.59 Å². The van der Waals surface area contributed by atoms with Crippen LogP contribution in [0.5, 0.6) is 0 Å². The molecule has 122 valence electrons. The maximum atomic E-state index is 11.5. The highest BCUT2D eigenvalue weighted by Gasteiger charge is 2.32. The van der Waals surface area contributed by atoms with Crippen molar-refractivity contribution < 1.29 is 19.8 Å². The molecule has 1 atom stereocenters. The van der Waals surface area contributed by atoms with E-state index in [0.29, 0.717) is 0 Å². The van der Waals surface area contributed by atoms with Gasteiger partial charge in [0.25, 0.3) is 0 Å². The molecule has 0 aliphatic rings. The van der Waals surface area contributed by atoms with E-state index in [1.54, 1.807) is 27.7 Å². The summed E-state index contributed by atoms with van der Waals surface area (Å²) in [7, 11) is 0. The van der Waals surface area contributed by atoms with Crippen LogP contribution in [-0.2, 0) is 6.54 Å². The zero-order valence-corrected chi connectivity index (χ0v) is 13.5. The Balaban J connectivity index is 2.86. The van der Waals surface area contributed by atoms with Crippen LogP contribution in [0.15, 0.2) is 30.3 Å². The SMILES string of the molecule is C[C@H](CN(Cc1ccccc1)C(=O)O)N(C(=O)O)C(C)(C)C. The summed E-state index contributed by atoms with van der Waals surface area (Å²) in [5, 5.41) is 18.7. The zero-order chi connectivity index (χ0) is 16.9. The number of hydrogen-bond acceptors (Lipinski definition) is 2. The minimum Gasteiger partial charge on any atom is -0.465 e. The molecule has 6 nitrogen and oxygen atoms in total. The fourth-order valence-corrected chi connectivity index (χ4v) is 2.55. The van der Waals surface area contributed by atoms with Gasteiger partial charge in [0, 0.05) is 18.6 Å². The predicted molar refractivity (Wildman–Crippen MR) is 84.0 cm³/mol. The number of rotatable bonds is 5. The van der Waals surface area contributed by atoms with Gasteiger partial charge < -0.3 is 15.1 Å². The molecular weight excluding hydrogens is 284 g/mol. The molecule has 0 aromatic heterocycles. The summed E-state index contributed by atoms with van der Waals surface area (Å²) in [5.74, 6) is 0. The Kier molecular flexibility index (Phi) is 5.79. The maximum Gasteiger partial charge on any atom is 0.408 e. The van der Waals surface area contributed by atoms with Gasteiger partial charge in [0.05, 0.1) is 6.04 Å². The fraction of sp³-hybridized carbons (Fsp3) is 0.500. The molecule has 0 saturated heterocycles. The minimum absolute atomic E-state index is 0.119. The molecule has 6 heteroatoms. The average Bonchev–Trinajstić information content (AvgIpc) is 2.36. The van der Waals surface area contributed by atoms with Crippen LogP contribution in [0.2, 0.25) is 0 Å². The van der Waals surface area contributed by atoms with Crippen molar-refractivity contribution >= 4 is 12.2 Å². The topological polar surface area (TPSA) is 81.1 Å². The fourth-order valence-electron chi connectivity index (χ4n) is 2.55. The van der Waals surface area contributed by atoms with E-state index in [1.807, 2.05) is 30.3 Å². The Morgan fingerprint density at radius 2 is 1.64 bits per heavy atom. The van der Waals surface area contributed by atoms with Gasteiger partial charge in [-0.2, -0.15) is 0 Å². The van der Waals surface area contributed by atoms with E-state index in [1.165, 1.54) is 9.80 Å². The second kappa shape index (κ2) is 7.15. The molecule has 1 aromatic rings. The average molecular weight is 308 g/mol. The second-order valence-corrected chi connectivity index (χ2v) is 6.32. The molecule has 0 aliphatic heterocycles. The first-order valence-corrected chi connectivity index (χ1v) is 7.17. The van der Waals surface area contributed by atoms with Crippen LogP contribution in [0.3, 0.4) is 0 Å². The van der Waals surface area contributed by atoms with Crippen LogP contribution in [0.25, 0.3) is 0 Å².